The molecule has 0 radical (unpaired) electrons. The molecule has 1 aromatic rings. The number of nitrogen functional groups attached to an aromatic ring is 1. The van der Waals surface area contributed by atoms with Crippen LogP contribution in [0.2, 0.25) is 0 Å². The number of hydrogen-bond donors (Lipinski definition) is 3. The van der Waals surface area contributed by atoms with Gasteiger partial charge in [0.25, 0.3) is 5.91 Å². The Morgan fingerprint density at radius 1 is 1.56 bits per heavy atom. The van der Waals surface area contributed by atoms with E-state index in [2.05, 4.69) is 10.6 Å². The molecule has 0 atom stereocenters. The minimum absolute atomic E-state index is 0.0400. The van der Waals surface area contributed by atoms with E-state index in [1.165, 1.54) is 11.3 Å². The Morgan fingerprint density at radius 2 is 2.25 bits per heavy atom. The van der Waals surface area contributed by atoms with Gasteiger partial charge in [0, 0.05) is 13.1 Å². The van der Waals surface area contributed by atoms with Crippen LogP contribution < -0.4 is 16.4 Å². The molecule has 0 unspecified atom stereocenters. The lowest BCUT2D eigenvalue weighted by Gasteiger charge is -2.01. The first-order valence-corrected chi connectivity index (χ1v) is 7.16. The number of anilines is 2. The first kappa shape index (κ1) is 11.6. The Bertz CT molecular complexity index is 412. The van der Waals surface area contributed by atoms with Crippen molar-refractivity contribution < 1.29 is 4.79 Å². The van der Waals surface area contributed by atoms with Crippen molar-refractivity contribution in [2.24, 2.45) is 0 Å². The van der Waals surface area contributed by atoms with Gasteiger partial charge in [-0.15, -0.1) is 23.1 Å². The number of amides is 1. The van der Waals surface area contributed by atoms with Gasteiger partial charge in [-0.2, -0.15) is 0 Å². The van der Waals surface area contributed by atoms with Crippen LogP contribution in [0.5, 0.6) is 0 Å². The molecule has 1 fully saturated rings. The van der Waals surface area contributed by atoms with Gasteiger partial charge in [0.1, 0.15) is 9.88 Å². The highest BCUT2D eigenvalue weighted by molar-refractivity contribution is 7.99. The Balaban J connectivity index is 2.25. The topological polar surface area (TPSA) is 67.2 Å². The van der Waals surface area contributed by atoms with Gasteiger partial charge in [-0.25, -0.2) is 0 Å². The van der Waals surface area contributed by atoms with Gasteiger partial charge in [-0.05, 0) is 19.1 Å². The molecule has 2 rings (SSSR count). The third kappa shape index (κ3) is 2.12. The maximum atomic E-state index is 11.9. The van der Waals surface area contributed by atoms with Gasteiger partial charge >= 0.3 is 0 Å². The largest absolute Gasteiger partial charge is 0.396 e. The van der Waals surface area contributed by atoms with Crippen LogP contribution in [0.1, 0.15) is 22.5 Å². The molecule has 88 valence electrons. The highest BCUT2D eigenvalue weighted by Crippen LogP contribution is 2.41. The van der Waals surface area contributed by atoms with Gasteiger partial charge in [0.15, 0.2) is 0 Å². The molecular formula is C10H15N3OS2. The molecule has 1 aliphatic carbocycles. The number of rotatable bonds is 4. The third-order valence-electron chi connectivity index (χ3n) is 2.45. The average molecular weight is 257 g/mol. The number of thioether (sulfide) groups is 1. The van der Waals surface area contributed by atoms with E-state index in [1.807, 2.05) is 13.3 Å². The second-order valence-electron chi connectivity index (χ2n) is 3.70. The van der Waals surface area contributed by atoms with Crippen LogP contribution in [0.3, 0.4) is 0 Å². The molecule has 0 aromatic carbocycles. The van der Waals surface area contributed by atoms with Crippen LogP contribution in [0.4, 0.5) is 10.7 Å². The van der Waals surface area contributed by atoms with E-state index in [9.17, 15) is 4.79 Å². The highest BCUT2D eigenvalue weighted by atomic mass is 32.2. The summed E-state index contributed by atoms with van der Waals surface area (Å²) in [6.45, 7) is 0. The number of hydrogen-bond acceptors (Lipinski definition) is 5. The van der Waals surface area contributed by atoms with Gasteiger partial charge in [0.2, 0.25) is 0 Å². The van der Waals surface area contributed by atoms with E-state index in [0.29, 0.717) is 16.6 Å². The molecule has 0 spiro atoms. The molecule has 1 aromatic heterocycles. The molecule has 1 saturated carbocycles. The zero-order chi connectivity index (χ0) is 11.7. The number of carbonyl (C=O) groups is 1. The maximum absolute atomic E-state index is 11.9. The summed E-state index contributed by atoms with van der Waals surface area (Å²) in [7, 11) is 1.84. The fourth-order valence-electron chi connectivity index (χ4n) is 1.44. The lowest BCUT2D eigenvalue weighted by atomic mass is 10.3. The van der Waals surface area contributed by atoms with Crippen molar-refractivity contribution in [2.45, 2.75) is 23.8 Å². The molecular weight excluding hydrogens is 242 g/mol. The molecule has 6 heteroatoms. The van der Waals surface area contributed by atoms with E-state index in [0.717, 1.165) is 22.7 Å². The fourth-order valence-corrected chi connectivity index (χ4v) is 3.36. The van der Waals surface area contributed by atoms with Gasteiger partial charge < -0.3 is 16.4 Å². The van der Waals surface area contributed by atoms with Crippen LogP contribution in [0.25, 0.3) is 0 Å². The highest BCUT2D eigenvalue weighted by Gasteiger charge is 2.27. The number of carbonyl (C=O) groups excluding carboxylic acids is 1. The van der Waals surface area contributed by atoms with Crippen molar-refractivity contribution >= 4 is 39.7 Å². The van der Waals surface area contributed by atoms with E-state index < -0.39 is 0 Å². The summed E-state index contributed by atoms with van der Waals surface area (Å²) >= 11 is 2.98. The maximum Gasteiger partial charge on any atom is 0.263 e. The average Bonchev–Trinajstić information content (AvgIpc) is 3.01. The zero-order valence-electron chi connectivity index (χ0n) is 9.29. The van der Waals surface area contributed by atoms with E-state index in [4.69, 9.17) is 5.73 Å². The SMILES string of the molecule is CNc1sc(C(=O)NC2CC2)c(N)c1SC. The first-order valence-electron chi connectivity index (χ1n) is 5.12. The lowest BCUT2D eigenvalue weighted by molar-refractivity contribution is 0.0956. The molecule has 1 aliphatic rings. The Hall–Kier alpha value is -0.880. The van der Waals surface area contributed by atoms with E-state index >= 15 is 0 Å². The summed E-state index contributed by atoms with van der Waals surface area (Å²) in [4.78, 5) is 13.5. The smallest absolute Gasteiger partial charge is 0.263 e. The molecule has 16 heavy (non-hydrogen) atoms. The fraction of sp³-hybridized carbons (Fsp3) is 0.500. The summed E-state index contributed by atoms with van der Waals surface area (Å²) in [5.41, 5.74) is 6.57. The minimum Gasteiger partial charge on any atom is -0.396 e. The van der Waals surface area contributed by atoms with E-state index in [1.54, 1.807) is 11.8 Å². The summed E-state index contributed by atoms with van der Waals surface area (Å²) in [6, 6.07) is 0.366. The summed E-state index contributed by atoms with van der Waals surface area (Å²) in [5.74, 6) is -0.0400. The molecule has 0 saturated heterocycles. The molecule has 0 aliphatic heterocycles. The third-order valence-corrected chi connectivity index (χ3v) is 4.63. The predicted octanol–water partition coefficient (Wildman–Crippen LogP) is 1.99. The molecule has 4 nitrogen and oxygen atoms in total. The second kappa shape index (κ2) is 4.55. The van der Waals surface area contributed by atoms with Crippen LogP contribution in [-0.4, -0.2) is 25.3 Å². The Labute approximate surface area is 103 Å². The molecule has 0 bridgehead atoms. The Kier molecular flexibility index (Phi) is 3.30. The molecule has 4 N–H and O–H groups in total. The number of thiophene rings is 1. The Morgan fingerprint density at radius 3 is 2.69 bits per heavy atom. The van der Waals surface area contributed by atoms with Crippen LogP contribution in [0.15, 0.2) is 4.90 Å². The zero-order valence-corrected chi connectivity index (χ0v) is 10.9. The van der Waals surface area contributed by atoms with Crippen molar-refractivity contribution in [3.05, 3.63) is 4.88 Å². The van der Waals surface area contributed by atoms with Gasteiger partial charge in [0.05, 0.1) is 10.6 Å². The number of nitrogens with two attached hydrogens (primary N) is 1. The van der Waals surface area contributed by atoms with Crippen molar-refractivity contribution in [3.63, 3.8) is 0 Å². The number of nitrogens with one attached hydrogen (secondary N) is 2. The van der Waals surface area contributed by atoms with Crippen molar-refractivity contribution in [2.75, 3.05) is 24.4 Å². The summed E-state index contributed by atoms with van der Waals surface area (Å²) in [5, 5.41) is 6.99. The first-order chi connectivity index (χ1) is 7.67. The molecule has 1 heterocycles. The van der Waals surface area contributed by atoms with Gasteiger partial charge in [-0.1, -0.05) is 0 Å². The van der Waals surface area contributed by atoms with Crippen LogP contribution >= 0.6 is 23.1 Å². The van der Waals surface area contributed by atoms with Gasteiger partial charge in [-0.3, -0.25) is 4.79 Å². The normalized spacial score (nSPS) is 14.9. The summed E-state index contributed by atoms with van der Waals surface area (Å²) in [6.07, 6.45) is 4.14. The van der Waals surface area contributed by atoms with Crippen molar-refractivity contribution in [1.29, 1.82) is 0 Å². The predicted molar refractivity (Wildman–Crippen MR) is 70.5 cm³/mol. The van der Waals surface area contributed by atoms with Crippen molar-refractivity contribution in [1.82, 2.24) is 5.32 Å². The van der Waals surface area contributed by atoms with Crippen LogP contribution in [-0.2, 0) is 0 Å². The monoisotopic (exact) mass is 257 g/mol. The standard InChI is InChI=1S/C10H15N3OS2/c1-12-10-8(15-2)6(11)7(16-10)9(14)13-5-3-4-5/h5,12H,3-4,11H2,1-2H3,(H,13,14). The minimum atomic E-state index is -0.0400. The second-order valence-corrected chi connectivity index (χ2v) is 5.54. The molecule has 1 amide bonds. The quantitative estimate of drug-likeness (QED) is 0.722. The van der Waals surface area contributed by atoms with Crippen molar-refractivity contribution in [3.8, 4) is 0 Å². The van der Waals surface area contributed by atoms with E-state index in [-0.39, 0.29) is 5.91 Å². The lowest BCUT2D eigenvalue weighted by Crippen LogP contribution is -2.25. The summed E-state index contributed by atoms with van der Waals surface area (Å²) < 4.78 is 0. The van der Waals surface area contributed by atoms with Crippen LogP contribution in [0, 0.1) is 0 Å².